The summed E-state index contributed by atoms with van der Waals surface area (Å²) < 4.78 is 6.29. The molecule has 4 aromatic carbocycles. The number of benzene rings is 4. The Balaban J connectivity index is 1.74. The summed E-state index contributed by atoms with van der Waals surface area (Å²) in [7, 11) is 0. The average Bonchev–Trinajstić information content (AvgIpc) is 2.88. The Hall–Kier alpha value is -0.500. The Labute approximate surface area is 262 Å². The van der Waals surface area contributed by atoms with Crippen LogP contribution in [0.1, 0.15) is 0 Å². The highest BCUT2D eigenvalue weighted by Crippen LogP contribution is 2.41. The monoisotopic (exact) mass is 796 g/mol. The van der Waals surface area contributed by atoms with Gasteiger partial charge in [-0.05, 0) is 109 Å². The van der Waals surface area contributed by atoms with Crippen molar-refractivity contribution in [3.05, 3.63) is 135 Å². The maximum absolute atomic E-state index is 3.53. The zero-order valence-corrected chi connectivity index (χ0v) is 28.0. The predicted octanol–water partition coefficient (Wildman–Crippen LogP) is 12.6. The molecule has 0 aliphatic rings. The molecule has 36 heavy (non-hydrogen) atoms. The highest BCUT2D eigenvalue weighted by Gasteiger charge is 2.07. The SMILES string of the molecule is Brc1ccc(SC(=C=C=C(Sc2ccc(Br)cc2)Sc2ccc(Br)cc2)Sc2ccc(Br)cc2)cc1. The van der Waals surface area contributed by atoms with Gasteiger partial charge in [-0.3, -0.25) is 0 Å². The fourth-order valence-electron chi connectivity index (χ4n) is 2.68. The van der Waals surface area contributed by atoms with Crippen molar-refractivity contribution in [1.82, 2.24) is 0 Å². The number of thioether (sulfide) groups is 4. The largest absolute Gasteiger partial charge is 0.100 e. The summed E-state index contributed by atoms with van der Waals surface area (Å²) in [5.41, 5.74) is 6.96. The van der Waals surface area contributed by atoms with Gasteiger partial charge < -0.3 is 0 Å². The summed E-state index contributed by atoms with van der Waals surface area (Å²) >= 11 is 20.8. The van der Waals surface area contributed by atoms with E-state index < -0.39 is 0 Å². The molecule has 4 aromatic rings. The van der Waals surface area contributed by atoms with Crippen LogP contribution in [-0.4, -0.2) is 0 Å². The minimum Gasteiger partial charge on any atom is -0.0737 e. The van der Waals surface area contributed by atoms with E-state index >= 15 is 0 Å². The lowest BCUT2D eigenvalue weighted by molar-refractivity contribution is 1.44. The molecule has 0 spiro atoms. The van der Waals surface area contributed by atoms with E-state index in [-0.39, 0.29) is 0 Å². The number of hydrogen-bond donors (Lipinski definition) is 0. The van der Waals surface area contributed by atoms with E-state index in [0.29, 0.717) is 0 Å². The molecule has 0 N–H and O–H groups in total. The van der Waals surface area contributed by atoms with Crippen molar-refractivity contribution in [2.24, 2.45) is 0 Å². The molecule has 0 nitrogen and oxygen atoms in total. The first-order chi connectivity index (χ1) is 17.4. The summed E-state index contributed by atoms with van der Waals surface area (Å²) in [6, 6.07) is 33.3. The van der Waals surface area contributed by atoms with Crippen LogP contribution in [0.5, 0.6) is 0 Å². The molecule has 0 fully saturated rings. The maximum atomic E-state index is 3.53. The van der Waals surface area contributed by atoms with Crippen LogP contribution >= 0.6 is 111 Å². The van der Waals surface area contributed by atoms with Crippen molar-refractivity contribution in [2.75, 3.05) is 0 Å². The van der Waals surface area contributed by atoms with Gasteiger partial charge in [-0.2, -0.15) is 0 Å². The topological polar surface area (TPSA) is 0 Å². The Morgan fingerprint density at radius 1 is 0.361 bits per heavy atom. The first-order valence-electron chi connectivity index (χ1n) is 10.4. The van der Waals surface area contributed by atoms with Crippen molar-refractivity contribution in [3.8, 4) is 0 Å². The molecular weight excluding hydrogens is 784 g/mol. The summed E-state index contributed by atoms with van der Waals surface area (Å²) in [5.74, 6) is 0. The quantitative estimate of drug-likeness (QED) is 0.129. The molecule has 0 aliphatic carbocycles. The molecule has 0 atom stereocenters. The minimum atomic E-state index is 1.02. The fraction of sp³-hybridized carbons (Fsp3) is 0. The van der Waals surface area contributed by atoms with Gasteiger partial charge in [0, 0.05) is 37.5 Å². The molecule has 0 unspecified atom stereocenters. The third-order valence-electron chi connectivity index (χ3n) is 4.36. The van der Waals surface area contributed by atoms with E-state index in [9.17, 15) is 0 Å². The number of halogens is 4. The zero-order valence-electron chi connectivity index (χ0n) is 18.4. The second-order valence-electron chi connectivity index (χ2n) is 7.05. The molecular formula is C28H16Br4S4. The fourth-order valence-corrected chi connectivity index (χ4v) is 7.58. The summed E-state index contributed by atoms with van der Waals surface area (Å²) in [5, 5.41) is 0. The Kier molecular flexibility index (Phi) is 11.6. The smallest absolute Gasteiger partial charge is 0.0737 e. The van der Waals surface area contributed by atoms with Gasteiger partial charge in [-0.15, -0.1) is 0 Å². The molecule has 0 amide bonds. The van der Waals surface area contributed by atoms with E-state index in [2.05, 4.69) is 172 Å². The van der Waals surface area contributed by atoms with Crippen molar-refractivity contribution in [1.29, 1.82) is 0 Å². The van der Waals surface area contributed by atoms with Crippen LogP contribution in [0.3, 0.4) is 0 Å². The van der Waals surface area contributed by atoms with Gasteiger partial charge in [0.15, 0.2) is 0 Å². The van der Waals surface area contributed by atoms with Crippen LogP contribution in [0.4, 0.5) is 0 Å². The van der Waals surface area contributed by atoms with Gasteiger partial charge in [0.05, 0.1) is 0 Å². The van der Waals surface area contributed by atoms with E-state index in [0.717, 1.165) is 45.9 Å². The summed E-state index contributed by atoms with van der Waals surface area (Å²) in [6.07, 6.45) is 0. The van der Waals surface area contributed by atoms with Gasteiger partial charge in [-0.25, -0.2) is 0 Å². The number of rotatable bonds is 8. The second-order valence-corrected chi connectivity index (χ2v) is 15.6. The normalized spacial score (nSPS) is 10.4. The summed E-state index contributed by atoms with van der Waals surface area (Å²) in [6.45, 7) is 0. The van der Waals surface area contributed by atoms with Crippen LogP contribution in [0.2, 0.25) is 0 Å². The van der Waals surface area contributed by atoms with E-state index in [1.54, 1.807) is 47.0 Å². The maximum Gasteiger partial charge on any atom is 0.100 e. The van der Waals surface area contributed by atoms with Gasteiger partial charge in [0.2, 0.25) is 0 Å². The molecule has 0 saturated carbocycles. The van der Waals surface area contributed by atoms with E-state index in [1.807, 2.05) is 0 Å². The lowest BCUT2D eigenvalue weighted by Gasteiger charge is -2.06. The predicted molar refractivity (Wildman–Crippen MR) is 174 cm³/mol. The van der Waals surface area contributed by atoms with Gasteiger partial charge in [-0.1, -0.05) is 111 Å². The highest BCUT2D eigenvalue weighted by atomic mass is 79.9. The van der Waals surface area contributed by atoms with Gasteiger partial charge in [0.1, 0.15) is 8.47 Å². The average molecular weight is 800 g/mol. The molecule has 0 bridgehead atoms. The van der Waals surface area contributed by atoms with Crippen LogP contribution in [0, 0.1) is 0 Å². The highest BCUT2D eigenvalue weighted by molar-refractivity contribution is 9.11. The third kappa shape index (κ3) is 9.67. The molecule has 0 radical (unpaired) electrons. The van der Waals surface area contributed by atoms with Crippen LogP contribution in [-0.2, 0) is 0 Å². The zero-order chi connectivity index (χ0) is 25.3. The molecule has 0 saturated heterocycles. The van der Waals surface area contributed by atoms with Crippen LogP contribution in [0.25, 0.3) is 0 Å². The Morgan fingerprint density at radius 3 is 0.750 bits per heavy atom. The molecule has 0 heterocycles. The first-order valence-corrected chi connectivity index (χ1v) is 16.9. The van der Waals surface area contributed by atoms with Crippen molar-refractivity contribution in [3.63, 3.8) is 0 Å². The van der Waals surface area contributed by atoms with Crippen LogP contribution < -0.4 is 0 Å². The molecule has 8 heteroatoms. The van der Waals surface area contributed by atoms with Gasteiger partial charge in [0.25, 0.3) is 0 Å². The van der Waals surface area contributed by atoms with Crippen molar-refractivity contribution >= 4 is 111 Å². The molecule has 4 rings (SSSR count). The van der Waals surface area contributed by atoms with E-state index in [4.69, 9.17) is 0 Å². The molecule has 0 aliphatic heterocycles. The first kappa shape index (κ1) is 28.5. The Bertz CT molecular complexity index is 1190. The van der Waals surface area contributed by atoms with E-state index in [1.165, 1.54) is 0 Å². The molecule has 180 valence electrons. The molecule has 0 aromatic heterocycles. The van der Waals surface area contributed by atoms with Crippen LogP contribution in [0.15, 0.2) is 154 Å². The minimum absolute atomic E-state index is 1.02. The number of hydrogen-bond acceptors (Lipinski definition) is 4. The Morgan fingerprint density at radius 2 is 0.556 bits per heavy atom. The van der Waals surface area contributed by atoms with Crippen molar-refractivity contribution < 1.29 is 0 Å². The van der Waals surface area contributed by atoms with Gasteiger partial charge >= 0.3 is 0 Å². The lowest BCUT2D eigenvalue weighted by Crippen LogP contribution is -1.76. The standard InChI is InChI=1S/C28H16Br4S4/c29-19-1-9-23(10-2-19)33-27(34-24-11-3-20(30)4-12-24)17-18-28(35-25-13-5-21(31)6-14-25)36-26-15-7-22(32)8-16-26/h1-16H. The third-order valence-corrected chi connectivity index (χ3v) is 10.7. The second kappa shape index (κ2) is 14.6. The lowest BCUT2D eigenvalue weighted by atomic mass is 10.4. The van der Waals surface area contributed by atoms with Crippen molar-refractivity contribution in [2.45, 2.75) is 19.6 Å². The summed E-state index contributed by atoms with van der Waals surface area (Å²) in [4.78, 5) is 4.59.